The first-order chi connectivity index (χ1) is 17.0. The van der Waals surface area contributed by atoms with Gasteiger partial charge in [-0.05, 0) is 12.1 Å². The van der Waals surface area contributed by atoms with Crippen molar-refractivity contribution in [3.05, 3.63) is 120 Å². The van der Waals surface area contributed by atoms with Gasteiger partial charge < -0.3 is 0 Å². The third-order valence-electron chi connectivity index (χ3n) is 5.64. The van der Waals surface area contributed by atoms with Crippen molar-refractivity contribution in [2.24, 2.45) is 0 Å². The maximum atomic E-state index is 13.2. The highest BCUT2D eigenvalue weighted by Gasteiger charge is 2.29. The minimum absolute atomic E-state index is 0.140. The van der Waals surface area contributed by atoms with Crippen molar-refractivity contribution < 1.29 is 9.85 Å². The largest absolute Gasteiger partial charge is 0.271 e. The van der Waals surface area contributed by atoms with Gasteiger partial charge in [-0.25, -0.2) is 9.13 Å². The predicted molar refractivity (Wildman–Crippen MR) is 131 cm³/mol. The van der Waals surface area contributed by atoms with E-state index < -0.39 is 63.7 Å². The summed E-state index contributed by atoms with van der Waals surface area (Å²) in [6.45, 7) is 0. The van der Waals surface area contributed by atoms with Crippen LogP contribution in [-0.2, 0) is 0 Å². The molecule has 0 radical (unpaired) electrons. The van der Waals surface area contributed by atoms with Gasteiger partial charge in [0.25, 0.3) is 33.6 Å². The average Bonchev–Trinajstić information content (AvgIpc) is 3.27. The summed E-state index contributed by atoms with van der Waals surface area (Å²) in [7, 11) is 0. The van der Waals surface area contributed by atoms with Gasteiger partial charge in [0.2, 0.25) is 0 Å². The minimum Gasteiger partial charge on any atom is -0.268 e. The Morgan fingerprint density at radius 2 is 0.889 bits per heavy atom. The van der Waals surface area contributed by atoms with E-state index in [-0.39, 0.29) is 22.7 Å². The number of nitro benzene ring substituents is 2. The van der Waals surface area contributed by atoms with Crippen LogP contribution in [0.15, 0.2) is 67.7 Å². The molecular weight excluding hydrogens is 519 g/mol. The molecule has 2 aromatic heterocycles. The van der Waals surface area contributed by atoms with Crippen molar-refractivity contribution in [1.29, 1.82) is 0 Å². The van der Waals surface area contributed by atoms with Crippen LogP contribution in [0.3, 0.4) is 0 Å². The summed E-state index contributed by atoms with van der Waals surface area (Å²) in [6.07, 6.45) is 0. The van der Waals surface area contributed by atoms with E-state index in [1.165, 1.54) is 24.3 Å². The lowest BCUT2D eigenvalue weighted by atomic mass is 10.1. The summed E-state index contributed by atoms with van der Waals surface area (Å²) < 4.78 is 1.22. The molecule has 0 bridgehead atoms. The Balaban J connectivity index is 1.90. The summed E-state index contributed by atoms with van der Waals surface area (Å²) >= 11 is 12.8. The third-order valence-corrected chi connectivity index (χ3v) is 6.40. The van der Waals surface area contributed by atoms with Crippen LogP contribution in [0.1, 0.15) is 0 Å². The highest BCUT2D eigenvalue weighted by atomic mass is 35.5. The molecule has 36 heavy (non-hydrogen) atoms. The Morgan fingerprint density at radius 3 is 1.17 bits per heavy atom. The molecule has 5 rings (SSSR count). The normalized spacial score (nSPS) is 11.4. The Labute approximate surface area is 206 Å². The number of non-ortho nitro benzene ring substituents is 2. The first kappa shape index (κ1) is 23.1. The fourth-order valence-electron chi connectivity index (χ4n) is 4.08. The molecule has 0 fully saturated rings. The molecule has 0 saturated heterocycles. The van der Waals surface area contributed by atoms with Crippen molar-refractivity contribution in [1.82, 2.24) is 9.13 Å². The maximum Gasteiger partial charge on any atom is 0.271 e. The lowest BCUT2D eigenvalue weighted by Gasteiger charge is -2.00. The first-order valence-corrected chi connectivity index (χ1v) is 10.6. The Morgan fingerprint density at radius 1 is 0.583 bits per heavy atom. The van der Waals surface area contributed by atoms with E-state index in [4.69, 9.17) is 23.2 Å². The summed E-state index contributed by atoms with van der Waals surface area (Å²) in [5.41, 5.74) is -5.06. The van der Waals surface area contributed by atoms with Gasteiger partial charge in [0, 0.05) is 24.3 Å². The van der Waals surface area contributed by atoms with Crippen LogP contribution in [0.25, 0.3) is 32.9 Å². The Kier molecular flexibility index (Phi) is 5.09. The maximum absolute atomic E-state index is 13.2. The number of hydrogen-bond acceptors (Lipinski definition) is 8. The van der Waals surface area contributed by atoms with Crippen molar-refractivity contribution in [2.75, 3.05) is 0 Å². The van der Waals surface area contributed by atoms with Crippen LogP contribution in [0.5, 0.6) is 0 Å². The number of benzene rings is 3. The molecule has 14 heteroatoms. The molecule has 178 valence electrons. The van der Waals surface area contributed by atoms with E-state index in [1.54, 1.807) is 0 Å². The number of fused-ring (bicyclic) bond motifs is 2. The van der Waals surface area contributed by atoms with Crippen LogP contribution < -0.4 is 22.2 Å². The van der Waals surface area contributed by atoms with Gasteiger partial charge in [0.1, 0.15) is 0 Å². The van der Waals surface area contributed by atoms with Crippen LogP contribution in [-0.4, -0.2) is 19.0 Å². The van der Waals surface area contributed by atoms with E-state index in [9.17, 15) is 39.4 Å². The van der Waals surface area contributed by atoms with Crippen LogP contribution in [0.4, 0.5) is 11.4 Å². The van der Waals surface area contributed by atoms with Crippen molar-refractivity contribution in [3.8, 4) is 11.4 Å². The molecule has 0 amide bonds. The van der Waals surface area contributed by atoms with Crippen molar-refractivity contribution in [2.45, 2.75) is 0 Å². The second-order valence-corrected chi connectivity index (χ2v) is 8.33. The van der Waals surface area contributed by atoms with E-state index in [2.05, 4.69) is 0 Å². The Hall–Kier alpha value is -4.68. The van der Waals surface area contributed by atoms with E-state index in [1.807, 2.05) is 0 Å². The smallest absolute Gasteiger partial charge is 0.268 e. The van der Waals surface area contributed by atoms with E-state index in [0.717, 1.165) is 24.3 Å². The van der Waals surface area contributed by atoms with Gasteiger partial charge in [-0.15, -0.1) is 0 Å². The average molecular weight is 527 g/mol. The zero-order valence-corrected chi connectivity index (χ0v) is 18.9. The summed E-state index contributed by atoms with van der Waals surface area (Å²) in [5, 5.41) is 19.5. The van der Waals surface area contributed by atoms with Gasteiger partial charge in [0.05, 0.1) is 52.8 Å². The number of halogens is 2. The zero-order chi connectivity index (χ0) is 26.0. The lowest BCUT2D eigenvalue weighted by molar-refractivity contribution is -0.385. The van der Waals surface area contributed by atoms with Gasteiger partial charge >= 0.3 is 0 Å². The number of aromatic nitrogens is 2. The zero-order valence-electron chi connectivity index (χ0n) is 17.4. The summed E-state index contributed by atoms with van der Waals surface area (Å²) in [5.74, 6) is 0. The molecule has 0 saturated carbocycles. The van der Waals surface area contributed by atoms with Gasteiger partial charge in [-0.2, -0.15) is 0 Å². The number of hydrogen-bond donors (Lipinski definition) is 0. The topological polar surface area (TPSA) is 164 Å². The van der Waals surface area contributed by atoms with E-state index >= 15 is 0 Å². The molecule has 0 unspecified atom stereocenters. The molecular formula is C22H8Cl2N4O8. The van der Waals surface area contributed by atoms with Crippen LogP contribution >= 0.6 is 23.2 Å². The SMILES string of the molecule is O=c1c2c(Cl)c3c(=O)n(-c4cccc([N+](=O)[O-])c4)c(=O)c3c(Cl)c2c(=O)n1-c1cccc([N+](=O)[O-])c1. The van der Waals surface area contributed by atoms with E-state index in [0.29, 0.717) is 9.13 Å². The van der Waals surface area contributed by atoms with Crippen LogP contribution in [0.2, 0.25) is 10.0 Å². The first-order valence-electron chi connectivity index (χ1n) is 9.86. The van der Waals surface area contributed by atoms with Gasteiger partial charge in [-0.1, -0.05) is 35.3 Å². The standard InChI is InChI=1S/C22H8Cl2N4O8/c23-17-13-14(20(30)25(19(13)29)9-3-1-5-11(7-9)27(33)34)18(24)16-15(17)21(31)26(22(16)32)10-4-2-6-12(8-10)28(35)36/h1-8H. The monoisotopic (exact) mass is 526 g/mol. The Bertz CT molecular complexity index is 1790. The lowest BCUT2D eigenvalue weighted by Crippen LogP contribution is -2.24. The molecule has 3 aromatic carbocycles. The number of nitro groups is 2. The fraction of sp³-hybridized carbons (Fsp3) is 0. The predicted octanol–water partition coefficient (Wildman–Crippen LogP) is 3.01. The molecule has 0 atom stereocenters. The third kappa shape index (κ3) is 3.08. The second-order valence-electron chi connectivity index (χ2n) is 7.57. The number of rotatable bonds is 4. The fourth-order valence-corrected chi connectivity index (χ4v) is 4.79. The molecule has 0 spiro atoms. The van der Waals surface area contributed by atoms with Crippen LogP contribution in [0, 0.1) is 20.2 Å². The molecule has 0 N–H and O–H groups in total. The highest BCUT2D eigenvalue weighted by Crippen LogP contribution is 2.34. The summed E-state index contributed by atoms with van der Waals surface area (Å²) in [4.78, 5) is 73.7. The van der Waals surface area contributed by atoms with Crippen molar-refractivity contribution >= 4 is 56.1 Å². The molecule has 12 nitrogen and oxygen atoms in total. The molecule has 5 aromatic rings. The number of nitrogens with zero attached hydrogens (tertiary/aromatic N) is 4. The molecule has 0 aliphatic heterocycles. The molecule has 0 aliphatic carbocycles. The highest BCUT2D eigenvalue weighted by molar-refractivity contribution is 6.47. The van der Waals surface area contributed by atoms with Crippen molar-refractivity contribution in [3.63, 3.8) is 0 Å². The van der Waals surface area contributed by atoms with Gasteiger partial charge in [-0.3, -0.25) is 39.4 Å². The summed E-state index contributed by atoms with van der Waals surface area (Å²) in [6, 6.07) is 9.42. The van der Waals surface area contributed by atoms with Gasteiger partial charge in [0.15, 0.2) is 0 Å². The molecule has 2 heterocycles. The quantitative estimate of drug-likeness (QED) is 0.254. The minimum atomic E-state index is -1.00. The molecule has 0 aliphatic rings. The second kappa shape index (κ2) is 7.93.